The number of aromatic nitrogens is 1. The monoisotopic (exact) mass is 388 g/mol. The SMILES string of the molecule is CCCCCOC(=O)CN1C(=O)C(C)Oc2ccc(-c3csc(C)n3)cc21. The molecule has 144 valence electrons. The van der Waals surface area contributed by atoms with Gasteiger partial charge in [0.25, 0.3) is 5.91 Å². The highest BCUT2D eigenvalue weighted by molar-refractivity contribution is 7.09. The van der Waals surface area contributed by atoms with Gasteiger partial charge in [0.2, 0.25) is 0 Å². The number of rotatable bonds is 7. The van der Waals surface area contributed by atoms with Crippen molar-refractivity contribution >= 4 is 28.9 Å². The van der Waals surface area contributed by atoms with E-state index in [1.807, 2.05) is 30.5 Å². The van der Waals surface area contributed by atoms with Gasteiger partial charge < -0.3 is 9.47 Å². The van der Waals surface area contributed by atoms with Crippen LogP contribution in [-0.4, -0.2) is 36.1 Å². The summed E-state index contributed by atoms with van der Waals surface area (Å²) in [4.78, 5) is 30.8. The molecule has 1 aromatic carbocycles. The van der Waals surface area contributed by atoms with Gasteiger partial charge in [-0.1, -0.05) is 19.8 Å². The third kappa shape index (κ3) is 4.47. The Labute approximate surface area is 163 Å². The van der Waals surface area contributed by atoms with Crippen LogP contribution in [0.4, 0.5) is 5.69 Å². The van der Waals surface area contributed by atoms with Gasteiger partial charge in [-0.25, -0.2) is 4.98 Å². The standard InChI is InChI=1S/C20H24N2O4S/c1-4-5-6-9-25-19(23)11-22-17-10-15(16-12-27-14(3)21-16)7-8-18(17)26-13(2)20(22)24/h7-8,10,12-13H,4-6,9,11H2,1-3H3. The van der Waals surface area contributed by atoms with Crippen LogP contribution >= 0.6 is 11.3 Å². The van der Waals surface area contributed by atoms with E-state index in [9.17, 15) is 9.59 Å². The molecule has 6 nitrogen and oxygen atoms in total. The molecule has 27 heavy (non-hydrogen) atoms. The minimum Gasteiger partial charge on any atom is -0.479 e. The first-order chi connectivity index (χ1) is 13.0. The number of aryl methyl sites for hydroxylation is 1. The summed E-state index contributed by atoms with van der Waals surface area (Å²) in [6, 6.07) is 5.58. The number of ether oxygens (including phenoxy) is 2. The lowest BCUT2D eigenvalue weighted by Crippen LogP contribution is -2.47. The van der Waals surface area contributed by atoms with Gasteiger partial charge in [-0.2, -0.15) is 0 Å². The van der Waals surface area contributed by atoms with Crippen molar-refractivity contribution in [2.45, 2.75) is 46.1 Å². The van der Waals surface area contributed by atoms with Crippen LogP contribution < -0.4 is 9.64 Å². The number of hydrogen-bond acceptors (Lipinski definition) is 6. The van der Waals surface area contributed by atoms with Crippen LogP contribution in [-0.2, 0) is 14.3 Å². The second-order valence-corrected chi connectivity index (χ2v) is 7.61. The van der Waals surface area contributed by atoms with Crippen LogP contribution in [0.5, 0.6) is 5.75 Å². The van der Waals surface area contributed by atoms with Crippen molar-refractivity contribution in [1.29, 1.82) is 0 Å². The summed E-state index contributed by atoms with van der Waals surface area (Å²) < 4.78 is 11.0. The summed E-state index contributed by atoms with van der Waals surface area (Å²) in [5.41, 5.74) is 2.30. The highest BCUT2D eigenvalue weighted by atomic mass is 32.1. The molecule has 2 aromatic rings. The van der Waals surface area contributed by atoms with Gasteiger partial charge in [0, 0.05) is 10.9 Å². The van der Waals surface area contributed by atoms with Crippen molar-refractivity contribution in [2.24, 2.45) is 0 Å². The number of fused-ring (bicyclic) bond motifs is 1. The first kappa shape index (κ1) is 19.4. The normalized spacial score (nSPS) is 16.0. The number of amides is 1. The number of carbonyl (C=O) groups is 2. The molecule has 1 amide bonds. The summed E-state index contributed by atoms with van der Waals surface area (Å²) in [6.07, 6.45) is 2.26. The molecule has 0 spiro atoms. The van der Waals surface area contributed by atoms with E-state index >= 15 is 0 Å². The van der Waals surface area contributed by atoms with Gasteiger partial charge in [-0.3, -0.25) is 14.5 Å². The van der Waals surface area contributed by atoms with E-state index in [-0.39, 0.29) is 12.5 Å². The largest absolute Gasteiger partial charge is 0.479 e. The zero-order chi connectivity index (χ0) is 19.4. The van der Waals surface area contributed by atoms with Gasteiger partial charge in [0.1, 0.15) is 12.3 Å². The lowest BCUT2D eigenvalue weighted by atomic mass is 10.1. The topological polar surface area (TPSA) is 68.7 Å². The number of carbonyl (C=O) groups excluding carboxylic acids is 2. The van der Waals surface area contributed by atoms with Crippen molar-refractivity contribution in [3.05, 3.63) is 28.6 Å². The molecule has 1 aliphatic rings. The molecule has 2 heterocycles. The molecule has 1 aliphatic heterocycles. The maximum atomic E-state index is 12.6. The van der Waals surface area contributed by atoms with E-state index < -0.39 is 12.1 Å². The van der Waals surface area contributed by atoms with Gasteiger partial charge >= 0.3 is 5.97 Å². The molecule has 0 aliphatic carbocycles. The molecule has 1 unspecified atom stereocenters. The van der Waals surface area contributed by atoms with Crippen molar-refractivity contribution in [3.63, 3.8) is 0 Å². The van der Waals surface area contributed by atoms with Crippen LogP contribution in [0.3, 0.4) is 0 Å². The van der Waals surface area contributed by atoms with Crippen LogP contribution in [0.15, 0.2) is 23.6 Å². The van der Waals surface area contributed by atoms with Crippen molar-refractivity contribution < 1.29 is 19.1 Å². The summed E-state index contributed by atoms with van der Waals surface area (Å²) in [7, 11) is 0. The predicted octanol–water partition coefficient (Wildman–Crippen LogP) is 3.97. The van der Waals surface area contributed by atoms with Gasteiger partial charge in [0.05, 0.1) is 23.0 Å². The maximum absolute atomic E-state index is 12.6. The molecule has 0 saturated carbocycles. The van der Waals surface area contributed by atoms with Crippen molar-refractivity contribution in [2.75, 3.05) is 18.1 Å². The Morgan fingerprint density at radius 2 is 2.19 bits per heavy atom. The maximum Gasteiger partial charge on any atom is 0.326 e. The lowest BCUT2D eigenvalue weighted by molar-refractivity contribution is -0.143. The molecule has 1 aromatic heterocycles. The number of hydrogen-bond donors (Lipinski definition) is 0. The van der Waals surface area contributed by atoms with E-state index in [0.29, 0.717) is 18.0 Å². The molecule has 0 radical (unpaired) electrons. The van der Waals surface area contributed by atoms with Crippen LogP contribution in [0.2, 0.25) is 0 Å². The smallest absolute Gasteiger partial charge is 0.326 e. The average molecular weight is 388 g/mol. The van der Waals surface area contributed by atoms with E-state index in [2.05, 4.69) is 11.9 Å². The Balaban J connectivity index is 1.81. The Morgan fingerprint density at radius 3 is 2.89 bits per heavy atom. The zero-order valence-electron chi connectivity index (χ0n) is 15.9. The third-order valence-electron chi connectivity index (χ3n) is 4.38. The van der Waals surface area contributed by atoms with E-state index in [4.69, 9.17) is 9.47 Å². The Kier molecular flexibility index (Phi) is 6.11. The van der Waals surface area contributed by atoms with E-state index in [0.717, 1.165) is 35.5 Å². The molecular weight excluding hydrogens is 364 g/mol. The molecular formula is C20H24N2O4S. The molecule has 3 rings (SSSR count). The highest BCUT2D eigenvalue weighted by Crippen LogP contribution is 2.37. The predicted molar refractivity (Wildman–Crippen MR) is 105 cm³/mol. The fourth-order valence-electron chi connectivity index (χ4n) is 2.94. The molecule has 7 heteroatoms. The number of thiazole rings is 1. The number of anilines is 1. The summed E-state index contributed by atoms with van der Waals surface area (Å²) >= 11 is 1.57. The third-order valence-corrected chi connectivity index (χ3v) is 5.15. The fraction of sp³-hybridized carbons (Fsp3) is 0.450. The first-order valence-corrected chi connectivity index (χ1v) is 10.1. The van der Waals surface area contributed by atoms with Crippen molar-refractivity contribution in [1.82, 2.24) is 4.98 Å². The average Bonchev–Trinajstić information content (AvgIpc) is 3.09. The second kappa shape index (κ2) is 8.52. The Bertz CT molecular complexity index is 833. The zero-order valence-corrected chi connectivity index (χ0v) is 16.7. The number of esters is 1. The molecule has 0 fully saturated rings. The Morgan fingerprint density at radius 1 is 1.37 bits per heavy atom. The fourth-order valence-corrected chi connectivity index (χ4v) is 3.56. The summed E-state index contributed by atoms with van der Waals surface area (Å²) in [5.74, 6) is -0.0781. The number of benzene rings is 1. The van der Waals surface area contributed by atoms with E-state index in [1.165, 1.54) is 4.90 Å². The highest BCUT2D eigenvalue weighted by Gasteiger charge is 2.33. The summed E-state index contributed by atoms with van der Waals surface area (Å²) in [5, 5.41) is 2.94. The van der Waals surface area contributed by atoms with Crippen LogP contribution in [0.25, 0.3) is 11.3 Å². The van der Waals surface area contributed by atoms with Crippen LogP contribution in [0.1, 0.15) is 38.1 Å². The molecule has 1 atom stereocenters. The number of nitrogens with zero attached hydrogens (tertiary/aromatic N) is 2. The second-order valence-electron chi connectivity index (χ2n) is 6.55. The number of unbranched alkanes of at least 4 members (excludes halogenated alkanes) is 2. The molecule has 0 N–H and O–H groups in total. The molecule has 0 saturated heterocycles. The van der Waals surface area contributed by atoms with Gasteiger partial charge in [0.15, 0.2) is 6.10 Å². The van der Waals surface area contributed by atoms with Crippen LogP contribution in [0, 0.1) is 6.92 Å². The molecule has 0 bridgehead atoms. The van der Waals surface area contributed by atoms with Gasteiger partial charge in [-0.05, 0) is 38.5 Å². The summed E-state index contributed by atoms with van der Waals surface area (Å²) in [6.45, 7) is 5.98. The minimum absolute atomic E-state index is 0.120. The lowest BCUT2D eigenvalue weighted by Gasteiger charge is -2.32. The van der Waals surface area contributed by atoms with Gasteiger partial charge in [-0.15, -0.1) is 11.3 Å². The first-order valence-electron chi connectivity index (χ1n) is 9.19. The quantitative estimate of drug-likeness (QED) is 0.530. The van der Waals surface area contributed by atoms with Crippen molar-refractivity contribution in [3.8, 4) is 17.0 Å². The minimum atomic E-state index is -0.641. The Hall–Kier alpha value is -2.41. The van der Waals surface area contributed by atoms with E-state index in [1.54, 1.807) is 18.3 Å².